The molecular weight excluding hydrogens is 188 g/mol. The molecule has 0 atom stereocenters. The zero-order chi connectivity index (χ0) is 10.7. The second kappa shape index (κ2) is 4.04. The van der Waals surface area contributed by atoms with Crippen LogP contribution in [0.1, 0.15) is 5.56 Å². The topological polar surface area (TPSA) is 55.9 Å². The van der Waals surface area contributed by atoms with Crippen molar-refractivity contribution in [2.24, 2.45) is 7.05 Å². The Morgan fingerprint density at radius 1 is 1.47 bits per heavy atom. The Hall–Kier alpha value is -1.97. The monoisotopic (exact) mass is 202 g/mol. The number of hydrogen-bond donors (Lipinski definition) is 2. The van der Waals surface area contributed by atoms with E-state index in [1.54, 1.807) is 10.9 Å². The Morgan fingerprint density at radius 3 is 3.00 bits per heavy atom. The Morgan fingerprint density at radius 2 is 2.33 bits per heavy atom. The van der Waals surface area contributed by atoms with E-state index in [9.17, 15) is 0 Å². The van der Waals surface area contributed by atoms with Crippen molar-refractivity contribution >= 4 is 11.4 Å². The zero-order valence-electron chi connectivity index (χ0n) is 8.64. The largest absolute Gasteiger partial charge is 0.399 e. The minimum Gasteiger partial charge on any atom is -0.399 e. The first-order valence-electron chi connectivity index (χ1n) is 4.81. The molecule has 2 aromatic rings. The summed E-state index contributed by atoms with van der Waals surface area (Å²) in [5, 5.41) is 7.35. The Labute approximate surface area is 88.7 Å². The van der Waals surface area contributed by atoms with Gasteiger partial charge in [-0.3, -0.25) is 4.68 Å². The summed E-state index contributed by atoms with van der Waals surface area (Å²) in [7, 11) is 1.89. The van der Waals surface area contributed by atoms with E-state index in [4.69, 9.17) is 5.73 Å². The first-order valence-corrected chi connectivity index (χ1v) is 4.81. The maximum absolute atomic E-state index is 5.69. The SMILES string of the molecule is Cn1cc(NCc2cccc(N)c2)cn1. The lowest BCUT2D eigenvalue weighted by atomic mass is 10.2. The highest BCUT2D eigenvalue weighted by atomic mass is 15.3. The molecule has 0 spiro atoms. The van der Waals surface area contributed by atoms with Crippen molar-refractivity contribution in [3.8, 4) is 0 Å². The molecule has 0 saturated carbocycles. The van der Waals surface area contributed by atoms with Gasteiger partial charge >= 0.3 is 0 Å². The van der Waals surface area contributed by atoms with Gasteiger partial charge in [0, 0.05) is 25.5 Å². The second-order valence-electron chi connectivity index (χ2n) is 3.50. The standard InChI is InChI=1S/C11H14N4/c1-15-8-11(7-14-15)13-6-9-3-2-4-10(12)5-9/h2-5,7-8,13H,6,12H2,1H3. The van der Waals surface area contributed by atoms with Crippen LogP contribution in [0.15, 0.2) is 36.7 Å². The number of anilines is 2. The number of nitrogens with one attached hydrogen (secondary N) is 1. The molecule has 0 aliphatic heterocycles. The molecule has 0 unspecified atom stereocenters. The summed E-state index contributed by atoms with van der Waals surface area (Å²) in [6, 6.07) is 7.84. The van der Waals surface area contributed by atoms with Crippen molar-refractivity contribution in [1.82, 2.24) is 9.78 Å². The molecule has 0 aliphatic carbocycles. The van der Waals surface area contributed by atoms with Crippen molar-refractivity contribution in [2.45, 2.75) is 6.54 Å². The molecule has 0 radical (unpaired) electrons. The average molecular weight is 202 g/mol. The lowest BCUT2D eigenvalue weighted by Crippen LogP contribution is -1.99. The van der Waals surface area contributed by atoms with Gasteiger partial charge in [-0.2, -0.15) is 5.10 Å². The number of aryl methyl sites for hydroxylation is 1. The van der Waals surface area contributed by atoms with Crippen LogP contribution in [0.4, 0.5) is 11.4 Å². The van der Waals surface area contributed by atoms with Crippen molar-refractivity contribution in [2.75, 3.05) is 11.1 Å². The lowest BCUT2D eigenvalue weighted by molar-refractivity contribution is 0.768. The molecule has 78 valence electrons. The van der Waals surface area contributed by atoms with Crippen molar-refractivity contribution in [1.29, 1.82) is 0 Å². The maximum atomic E-state index is 5.69. The molecule has 0 amide bonds. The number of aromatic nitrogens is 2. The van der Waals surface area contributed by atoms with E-state index >= 15 is 0 Å². The number of nitrogens with two attached hydrogens (primary N) is 1. The molecule has 4 nitrogen and oxygen atoms in total. The Balaban J connectivity index is 1.99. The molecule has 15 heavy (non-hydrogen) atoms. The highest BCUT2D eigenvalue weighted by Gasteiger charge is 1.96. The van der Waals surface area contributed by atoms with Gasteiger partial charge in [-0.15, -0.1) is 0 Å². The minimum atomic E-state index is 0.761. The molecule has 2 rings (SSSR count). The predicted molar refractivity (Wildman–Crippen MR) is 61.4 cm³/mol. The molecule has 1 heterocycles. The van der Waals surface area contributed by atoms with E-state index in [1.165, 1.54) is 5.56 Å². The van der Waals surface area contributed by atoms with Crippen LogP contribution >= 0.6 is 0 Å². The minimum absolute atomic E-state index is 0.761. The van der Waals surface area contributed by atoms with Gasteiger partial charge in [-0.1, -0.05) is 12.1 Å². The molecule has 0 saturated heterocycles. The zero-order valence-corrected chi connectivity index (χ0v) is 8.64. The van der Waals surface area contributed by atoms with Gasteiger partial charge in [-0.25, -0.2) is 0 Å². The van der Waals surface area contributed by atoms with Crippen LogP contribution in [-0.4, -0.2) is 9.78 Å². The maximum Gasteiger partial charge on any atom is 0.0729 e. The fraction of sp³-hybridized carbons (Fsp3) is 0.182. The quantitative estimate of drug-likeness (QED) is 0.743. The van der Waals surface area contributed by atoms with Crippen LogP contribution < -0.4 is 11.1 Å². The fourth-order valence-electron chi connectivity index (χ4n) is 1.42. The smallest absolute Gasteiger partial charge is 0.0729 e. The fourth-order valence-corrected chi connectivity index (χ4v) is 1.42. The summed E-state index contributed by atoms with van der Waals surface area (Å²) in [4.78, 5) is 0. The molecule has 3 N–H and O–H groups in total. The van der Waals surface area contributed by atoms with Gasteiger partial charge in [0.15, 0.2) is 0 Å². The second-order valence-corrected chi connectivity index (χ2v) is 3.50. The summed E-state index contributed by atoms with van der Waals surface area (Å²) >= 11 is 0. The van der Waals surface area contributed by atoms with Gasteiger partial charge in [0.25, 0.3) is 0 Å². The third-order valence-electron chi connectivity index (χ3n) is 2.15. The van der Waals surface area contributed by atoms with Gasteiger partial charge in [0.05, 0.1) is 11.9 Å². The van der Waals surface area contributed by atoms with Crippen molar-refractivity contribution < 1.29 is 0 Å². The predicted octanol–water partition coefficient (Wildman–Crippen LogP) is 1.61. The highest BCUT2D eigenvalue weighted by Crippen LogP contribution is 2.10. The van der Waals surface area contributed by atoms with Gasteiger partial charge in [0.2, 0.25) is 0 Å². The van der Waals surface area contributed by atoms with Crippen molar-refractivity contribution in [3.63, 3.8) is 0 Å². The van der Waals surface area contributed by atoms with Crippen LogP contribution in [-0.2, 0) is 13.6 Å². The lowest BCUT2D eigenvalue weighted by Gasteiger charge is -2.04. The van der Waals surface area contributed by atoms with E-state index in [0.717, 1.165) is 17.9 Å². The van der Waals surface area contributed by atoms with E-state index < -0.39 is 0 Å². The first-order chi connectivity index (χ1) is 7.24. The first kappa shape index (κ1) is 9.58. The number of nitrogens with zero attached hydrogens (tertiary/aromatic N) is 2. The summed E-state index contributed by atoms with van der Waals surface area (Å²) in [5.41, 5.74) is 8.66. The number of benzene rings is 1. The summed E-state index contributed by atoms with van der Waals surface area (Å²) in [6.45, 7) is 0.761. The average Bonchev–Trinajstić information content (AvgIpc) is 2.62. The highest BCUT2D eigenvalue weighted by molar-refractivity contribution is 5.43. The van der Waals surface area contributed by atoms with E-state index in [-0.39, 0.29) is 0 Å². The number of rotatable bonds is 3. The normalized spacial score (nSPS) is 10.2. The number of hydrogen-bond acceptors (Lipinski definition) is 3. The van der Waals surface area contributed by atoms with E-state index in [0.29, 0.717) is 0 Å². The summed E-state index contributed by atoms with van der Waals surface area (Å²) in [6.07, 6.45) is 3.73. The van der Waals surface area contributed by atoms with Crippen LogP contribution in [0.3, 0.4) is 0 Å². The molecule has 0 bridgehead atoms. The van der Waals surface area contributed by atoms with E-state index in [2.05, 4.69) is 10.4 Å². The molecule has 0 aliphatic rings. The Bertz CT molecular complexity index is 447. The molecule has 0 fully saturated rings. The third-order valence-corrected chi connectivity index (χ3v) is 2.15. The third kappa shape index (κ3) is 2.49. The van der Waals surface area contributed by atoms with Gasteiger partial charge in [-0.05, 0) is 17.7 Å². The summed E-state index contributed by atoms with van der Waals surface area (Å²) in [5.74, 6) is 0. The Kier molecular flexibility index (Phi) is 2.58. The molecule has 1 aromatic heterocycles. The van der Waals surface area contributed by atoms with Crippen LogP contribution in [0, 0.1) is 0 Å². The number of nitrogen functional groups attached to an aromatic ring is 1. The van der Waals surface area contributed by atoms with Crippen LogP contribution in [0.5, 0.6) is 0 Å². The molecular formula is C11H14N4. The van der Waals surface area contributed by atoms with Crippen LogP contribution in [0.25, 0.3) is 0 Å². The van der Waals surface area contributed by atoms with Crippen molar-refractivity contribution in [3.05, 3.63) is 42.2 Å². The summed E-state index contributed by atoms with van der Waals surface area (Å²) < 4.78 is 1.77. The van der Waals surface area contributed by atoms with E-state index in [1.807, 2.05) is 37.5 Å². The van der Waals surface area contributed by atoms with Gasteiger partial charge < -0.3 is 11.1 Å². The van der Waals surface area contributed by atoms with Gasteiger partial charge in [0.1, 0.15) is 0 Å². The molecule has 1 aromatic carbocycles. The molecule has 4 heteroatoms. The van der Waals surface area contributed by atoms with Crippen LogP contribution in [0.2, 0.25) is 0 Å².